The largest absolute Gasteiger partial charge is 0.456 e. The van der Waals surface area contributed by atoms with Gasteiger partial charge < -0.3 is 9.32 Å². The van der Waals surface area contributed by atoms with Crippen LogP contribution in [0.1, 0.15) is 47.2 Å². The van der Waals surface area contributed by atoms with Crippen LogP contribution < -0.4 is 4.90 Å². The highest BCUT2D eigenvalue weighted by molar-refractivity contribution is 6.13. The number of anilines is 3. The molecule has 0 unspecified atom stereocenters. The number of hydrogen-bond donors (Lipinski definition) is 0. The Kier molecular flexibility index (Phi) is 7.52. The van der Waals surface area contributed by atoms with Gasteiger partial charge in [-0.25, -0.2) is 0 Å². The van der Waals surface area contributed by atoms with Crippen LogP contribution in [0, 0.1) is 0 Å². The van der Waals surface area contributed by atoms with E-state index in [1.54, 1.807) is 0 Å². The Balaban J connectivity index is 1.12. The highest BCUT2D eigenvalue weighted by Gasteiger charge is 2.46. The molecule has 0 saturated carbocycles. The molecule has 0 atom stereocenters. The van der Waals surface area contributed by atoms with Gasteiger partial charge in [-0.15, -0.1) is 0 Å². The second-order valence-corrected chi connectivity index (χ2v) is 16.8. The van der Waals surface area contributed by atoms with E-state index in [0.717, 1.165) is 44.6 Å². The minimum absolute atomic E-state index is 0.153. The van der Waals surface area contributed by atoms with Gasteiger partial charge in [-0.3, -0.25) is 0 Å². The second kappa shape index (κ2) is 13.0. The summed E-state index contributed by atoms with van der Waals surface area (Å²) in [6.07, 6.45) is 0. The first kappa shape index (κ1) is 34.6. The van der Waals surface area contributed by atoms with Gasteiger partial charge in [-0.2, -0.15) is 0 Å². The third kappa shape index (κ3) is 4.88. The molecule has 2 aliphatic rings. The van der Waals surface area contributed by atoms with E-state index in [2.05, 4.69) is 231 Å². The van der Waals surface area contributed by atoms with Crippen molar-refractivity contribution in [2.45, 2.75) is 24.7 Å². The summed E-state index contributed by atoms with van der Waals surface area (Å²) in [5, 5.41) is 2.22. The molecule has 0 bridgehead atoms. The van der Waals surface area contributed by atoms with Crippen molar-refractivity contribution in [3.63, 3.8) is 0 Å². The monoisotopic (exact) mass is 767 g/mol. The van der Waals surface area contributed by atoms with E-state index in [-0.39, 0.29) is 5.41 Å². The lowest BCUT2D eigenvalue weighted by molar-refractivity contribution is 0.660. The topological polar surface area (TPSA) is 16.4 Å². The molecule has 60 heavy (non-hydrogen) atoms. The van der Waals surface area contributed by atoms with Crippen LogP contribution in [-0.2, 0) is 10.8 Å². The Morgan fingerprint density at radius 2 is 0.900 bits per heavy atom. The van der Waals surface area contributed by atoms with E-state index in [1.807, 2.05) is 0 Å². The van der Waals surface area contributed by atoms with Crippen molar-refractivity contribution in [2.75, 3.05) is 4.90 Å². The zero-order valence-corrected chi connectivity index (χ0v) is 33.6. The van der Waals surface area contributed by atoms with Crippen LogP contribution in [0.3, 0.4) is 0 Å². The van der Waals surface area contributed by atoms with Crippen LogP contribution in [0.25, 0.3) is 55.3 Å². The normalized spacial score (nSPS) is 14.1. The minimum Gasteiger partial charge on any atom is -0.456 e. The van der Waals surface area contributed by atoms with Crippen LogP contribution in [-0.4, -0.2) is 0 Å². The molecule has 0 aliphatic heterocycles. The molecule has 0 amide bonds. The van der Waals surface area contributed by atoms with Gasteiger partial charge in [0.1, 0.15) is 11.2 Å². The van der Waals surface area contributed by atoms with Crippen molar-refractivity contribution >= 4 is 39.0 Å². The molecule has 284 valence electrons. The van der Waals surface area contributed by atoms with Crippen LogP contribution in [0.4, 0.5) is 17.1 Å². The van der Waals surface area contributed by atoms with E-state index in [1.165, 1.54) is 61.2 Å². The molecular weight excluding hydrogens is 727 g/mol. The van der Waals surface area contributed by atoms with Crippen LogP contribution in [0.2, 0.25) is 0 Å². The molecule has 0 saturated heterocycles. The average molecular weight is 768 g/mol. The molecule has 0 radical (unpaired) electrons. The van der Waals surface area contributed by atoms with Crippen molar-refractivity contribution in [1.29, 1.82) is 0 Å². The van der Waals surface area contributed by atoms with Gasteiger partial charge in [0, 0.05) is 33.2 Å². The molecule has 2 aliphatic carbocycles. The van der Waals surface area contributed by atoms with Gasteiger partial charge in [0.15, 0.2) is 0 Å². The maximum atomic E-state index is 6.58. The summed E-state index contributed by atoms with van der Waals surface area (Å²) in [5.41, 5.74) is 19.7. The first-order valence-corrected chi connectivity index (χ1v) is 20.9. The summed E-state index contributed by atoms with van der Waals surface area (Å²) >= 11 is 0. The standard InChI is InChI=1S/C58H41NO/c1-57(2)50-27-12-9-23-45(50)48-33-31-43(37-53(48)57)59(42-32-34-54-49(36-42)56-44(26-16-30-55(56)60-54)38-17-5-3-6-18-38)41-22-15-21-40(35-41)58(39-19-7-4-8-20-39)51-28-13-10-24-46(51)47-25-11-14-29-52(47)58/h3-37H,1-2H3. The molecule has 0 fully saturated rings. The van der Waals surface area contributed by atoms with Crippen LogP contribution in [0.5, 0.6) is 0 Å². The van der Waals surface area contributed by atoms with E-state index < -0.39 is 5.41 Å². The lowest BCUT2D eigenvalue weighted by Gasteiger charge is -2.35. The highest BCUT2D eigenvalue weighted by atomic mass is 16.3. The molecule has 0 N–H and O–H groups in total. The first-order chi connectivity index (χ1) is 29.5. The Labute approximate surface area is 350 Å². The van der Waals surface area contributed by atoms with Gasteiger partial charge in [0.05, 0.1) is 5.41 Å². The Morgan fingerprint density at radius 3 is 1.63 bits per heavy atom. The van der Waals surface area contributed by atoms with Crippen molar-refractivity contribution in [3.8, 4) is 33.4 Å². The number of furan rings is 1. The Bertz CT molecular complexity index is 3250. The van der Waals surface area contributed by atoms with E-state index in [4.69, 9.17) is 4.42 Å². The molecule has 2 nitrogen and oxygen atoms in total. The van der Waals surface area contributed by atoms with Gasteiger partial charge in [0.2, 0.25) is 0 Å². The molecule has 12 rings (SSSR count). The third-order valence-electron chi connectivity index (χ3n) is 13.3. The summed E-state index contributed by atoms with van der Waals surface area (Å²) in [7, 11) is 0. The lowest BCUT2D eigenvalue weighted by Crippen LogP contribution is -2.28. The predicted molar refractivity (Wildman–Crippen MR) is 249 cm³/mol. The maximum Gasteiger partial charge on any atom is 0.136 e. The number of nitrogens with zero attached hydrogens (tertiary/aromatic N) is 1. The van der Waals surface area contributed by atoms with E-state index >= 15 is 0 Å². The molecule has 10 aromatic rings. The van der Waals surface area contributed by atoms with Crippen LogP contribution >= 0.6 is 0 Å². The highest BCUT2D eigenvalue weighted by Crippen LogP contribution is 2.57. The fraction of sp³-hybridized carbons (Fsp3) is 0.0690. The Morgan fingerprint density at radius 1 is 0.367 bits per heavy atom. The van der Waals surface area contributed by atoms with Crippen molar-refractivity contribution in [2.24, 2.45) is 0 Å². The minimum atomic E-state index is -0.521. The van der Waals surface area contributed by atoms with Gasteiger partial charge in [-0.1, -0.05) is 178 Å². The number of benzene rings is 9. The van der Waals surface area contributed by atoms with E-state index in [9.17, 15) is 0 Å². The summed E-state index contributed by atoms with van der Waals surface area (Å²) in [6.45, 7) is 4.72. The average Bonchev–Trinajstić information content (AvgIpc) is 3.91. The smallest absolute Gasteiger partial charge is 0.136 e. The predicted octanol–water partition coefficient (Wildman–Crippen LogP) is 15.4. The molecule has 9 aromatic carbocycles. The van der Waals surface area contributed by atoms with Gasteiger partial charge in [-0.05, 0) is 115 Å². The van der Waals surface area contributed by atoms with E-state index in [0.29, 0.717) is 0 Å². The third-order valence-corrected chi connectivity index (χ3v) is 13.3. The number of fused-ring (bicyclic) bond motifs is 9. The summed E-state index contributed by atoms with van der Waals surface area (Å²) in [4.78, 5) is 2.46. The zero-order chi connectivity index (χ0) is 40.0. The first-order valence-electron chi connectivity index (χ1n) is 20.9. The number of rotatable bonds is 6. The fourth-order valence-electron chi connectivity index (χ4n) is 10.7. The van der Waals surface area contributed by atoms with Crippen LogP contribution in [0.15, 0.2) is 217 Å². The van der Waals surface area contributed by atoms with Crippen molar-refractivity contribution < 1.29 is 4.42 Å². The Hall–Kier alpha value is -7.42. The fourth-order valence-corrected chi connectivity index (χ4v) is 10.7. The SMILES string of the molecule is CC1(C)c2ccccc2-c2ccc(N(c3cccc(C4(c5ccccc5)c5ccccc5-c5ccccc54)c3)c3ccc4oc5cccc(-c6ccccc6)c5c4c3)cc21. The number of hydrogen-bond acceptors (Lipinski definition) is 2. The molecule has 2 heteroatoms. The second-order valence-electron chi connectivity index (χ2n) is 16.8. The quantitative estimate of drug-likeness (QED) is 0.168. The molecule has 0 spiro atoms. The van der Waals surface area contributed by atoms with Gasteiger partial charge >= 0.3 is 0 Å². The van der Waals surface area contributed by atoms with Crippen molar-refractivity contribution in [3.05, 3.63) is 246 Å². The molecular formula is C58H41NO. The zero-order valence-electron chi connectivity index (χ0n) is 33.6. The summed E-state index contributed by atoms with van der Waals surface area (Å²) in [5.74, 6) is 0. The maximum absolute atomic E-state index is 6.58. The molecule has 1 aromatic heterocycles. The van der Waals surface area contributed by atoms with Gasteiger partial charge in [0.25, 0.3) is 0 Å². The van der Waals surface area contributed by atoms with Crippen molar-refractivity contribution in [1.82, 2.24) is 0 Å². The summed E-state index contributed by atoms with van der Waals surface area (Å²) < 4.78 is 6.58. The molecule has 1 heterocycles. The lowest BCUT2D eigenvalue weighted by atomic mass is 9.67. The summed E-state index contributed by atoms with van der Waals surface area (Å²) in [6, 6.07) is 78.0.